The second-order valence-electron chi connectivity index (χ2n) is 20.4. The highest BCUT2D eigenvalue weighted by Crippen LogP contribution is 2.50. The molecule has 7 heterocycles. The normalized spacial score (nSPS) is 25.1. The zero-order chi connectivity index (χ0) is 52.1. The molecule has 6 aromatic heterocycles. The summed E-state index contributed by atoms with van der Waals surface area (Å²) in [5, 5.41) is 47.4. The number of hydrogen-bond donors (Lipinski definition) is 8. The molecule has 8 aromatic rings. The Morgan fingerprint density at radius 3 is 1.48 bits per heavy atom. The van der Waals surface area contributed by atoms with E-state index in [9.17, 15) is 20.4 Å². The van der Waals surface area contributed by atoms with Gasteiger partial charge in [-0.1, -0.05) is 38.1 Å². The lowest BCUT2D eigenvalue weighted by Gasteiger charge is -2.28. The molecule has 380 valence electrons. The van der Waals surface area contributed by atoms with Crippen LogP contribution in [0.1, 0.15) is 68.3 Å². The van der Waals surface area contributed by atoms with Gasteiger partial charge in [0.1, 0.15) is 59.4 Å². The van der Waals surface area contributed by atoms with Crippen molar-refractivity contribution in [3.8, 4) is 0 Å². The first-order valence-corrected chi connectivity index (χ1v) is 25.3. The molecule has 2 aromatic carbocycles. The van der Waals surface area contributed by atoms with Gasteiger partial charge in [0.15, 0.2) is 0 Å². The summed E-state index contributed by atoms with van der Waals surface area (Å²) < 4.78 is 19.9. The van der Waals surface area contributed by atoms with Crippen molar-refractivity contribution < 1.29 is 34.1 Å². The summed E-state index contributed by atoms with van der Waals surface area (Å²) in [6.07, 6.45) is 7.28. The lowest BCUT2D eigenvalue weighted by molar-refractivity contribution is -0.0241. The van der Waals surface area contributed by atoms with Crippen molar-refractivity contribution in [2.24, 2.45) is 10.8 Å². The van der Waals surface area contributed by atoms with E-state index in [2.05, 4.69) is 70.1 Å². The minimum absolute atomic E-state index is 0.135. The highest BCUT2D eigenvalue weighted by atomic mass is 79.9. The Hall–Kier alpha value is -5.91. The number of nitrogen functional groups attached to an aromatic ring is 4. The van der Waals surface area contributed by atoms with Gasteiger partial charge in [0.2, 0.25) is 0 Å². The number of pyridine rings is 2. The van der Waals surface area contributed by atoms with Crippen LogP contribution in [-0.4, -0.2) is 105 Å². The zero-order valence-electron chi connectivity index (χ0n) is 41.8. The van der Waals surface area contributed by atoms with Gasteiger partial charge in [0.25, 0.3) is 0 Å². The van der Waals surface area contributed by atoms with Gasteiger partial charge in [-0.05, 0) is 146 Å². The van der Waals surface area contributed by atoms with Crippen LogP contribution in [0.3, 0.4) is 0 Å². The molecule has 0 unspecified atom stereocenters. The van der Waals surface area contributed by atoms with E-state index in [1.165, 1.54) is 12.7 Å². The van der Waals surface area contributed by atoms with Crippen LogP contribution in [0.2, 0.25) is 20.5 Å². The minimum atomic E-state index is -0.901. The number of aryl methyl sites for hydroxylation is 3. The van der Waals surface area contributed by atoms with Gasteiger partial charge in [-0.25, -0.2) is 29.9 Å². The average Bonchev–Trinajstić information content (AvgIpc) is 4.09. The maximum absolute atomic E-state index is 11.0. The predicted molar refractivity (Wildman–Crippen MR) is 291 cm³/mol. The van der Waals surface area contributed by atoms with E-state index in [1.54, 1.807) is 0 Å². The van der Waals surface area contributed by atoms with Gasteiger partial charge >= 0.3 is 21.4 Å². The lowest BCUT2D eigenvalue weighted by Crippen LogP contribution is -2.44. The van der Waals surface area contributed by atoms with Crippen LogP contribution in [0.25, 0.3) is 43.9 Å². The molecule has 2 aliphatic carbocycles. The largest absolute Gasteiger partial charge is 0.453 e. The molecule has 3 aliphatic rings. The predicted octanol–water partition coefficient (Wildman–Crippen LogP) is 6.37. The van der Waals surface area contributed by atoms with Gasteiger partial charge in [0, 0.05) is 23.2 Å². The van der Waals surface area contributed by atoms with Crippen molar-refractivity contribution in [2.75, 3.05) is 22.9 Å². The number of aliphatic hydroxyl groups is 4. The quantitative estimate of drug-likeness (QED) is 0.0766. The number of rotatable bonds is 8. The van der Waals surface area contributed by atoms with Crippen LogP contribution >= 0.6 is 15.9 Å². The van der Waals surface area contributed by atoms with Gasteiger partial charge < -0.3 is 66.2 Å². The van der Waals surface area contributed by atoms with Crippen molar-refractivity contribution in [1.82, 2.24) is 39.0 Å². The highest BCUT2D eigenvalue weighted by molar-refractivity contribution is 9.10. The average molecular weight is 1060 g/mol. The second kappa shape index (κ2) is 20.8. The van der Waals surface area contributed by atoms with E-state index < -0.39 is 35.2 Å². The topological polar surface area (TPSA) is 300 Å². The molecule has 0 bridgehead atoms. The number of nitrogens with two attached hydrogens (primary N) is 4. The Morgan fingerprint density at radius 1 is 0.603 bits per heavy atom. The van der Waals surface area contributed by atoms with Crippen LogP contribution in [-0.2, 0) is 26.6 Å². The van der Waals surface area contributed by atoms with Crippen LogP contribution in [0.4, 0.5) is 23.3 Å². The maximum atomic E-state index is 11.0. The Labute approximate surface area is 432 Å². The third-order valence-corrected chi connectivity index (χ3v) is 15.7. The summed E-state index contributed by atoms with van der Waals surface area (Å²) in [6, 6.07) is 19.5. The fraction of sp³-hybridized carbons (Fsp3) is 0.400. The molecule has 73 heavy (non-hydrogen) atoms. The van der Waals surface area contributed by atoms with Crippen LogP contribution in [0.5, 0.6) is 0 Å². The van der Waals surface area contributed by atoms with Crippen molar-refractivity contribution in [1.29, 1.82) is 0 Å². The van der Waals surface area contributed by atoms with Crippen molar-refractivity contribution >= 4 is 104 Å². The molecule has 0 spiro atoms. The molecule has 23 heteroatoms. The summed E-state index contributed by atoms with van der Waals surface area (Å²) in [7, 11) is -0.406. The summed E-state index contributed by atoms with van der Waals surface area (Å²) >= 11 is 3.41. The Kier molecular flexibility index (Phi) is 14.8. The first kappa shape index (κ1) is 52.0. The molecule has 3 fully saturated rings. The Morgan fingerprint density at radius 2 is 1.03 bits per heavy atom. The number of halogens is 1. The number of aliphatic hydroxyl groups excluding tert-OH is 4. The van der Waals surface area contributed by atoms with Crippen molar-refractivity contribution in [3.05, 3.63) is 107 Å². The van der Waals surface area contributed by atoms with Crippen molar-refractivity contribution in [2.45, 2.75) is 116 Å². The SMILES string of the molecule is CB1OB(C)OB(C)O1.C[C@]1(CCc2ccc3cc(Br)c(N)nc3c2)C[C@@H](n2ccc3c(N)ncnc32)[C@H](O)[C@@H]1O.Cc1cc2ccc(CC[C@@]3(C)C[C@@H](n4ccc5c(N)ncnc54)[C@H](O)[C@@H]3O)cc2nc1N. The fourth-order valence-corrected chi connectivity index (χ4v) is 11.2. The molecule has 0 radical (unpaired) electrons. The fourth-order valence-electron chi connectivity index (χ4n) is 10.8. The Bertz CT molecular complexity index is 3070. The van der Waals surface area contributed by atoms with Gasteiger partial charge in [-0.2, -0.15) is 0 Å². The summed E-state index contributed by atoms with van der Waals surface area (Å²) in [5.41, 5.74) is 29.2. The van der Waals surface area contributed by atoms with E-state index in [4.69, 9.17) is 36.7 Å². The van der Waals surface area contributed by atoms with Crippen LogP contribution in [0, 0.1) is 17.8 Å². The van der Waals surface area contributed by atoms with E-state index in [0.29, 0.717) is 47.4 Å². The van der Waals surface area contributed by atoms with E-state index in [0.717, 1.165) is 79.4 Å². The molecular formula is C50H62B3BrN12O7. The first-order valence-electron chi connectivity index (χ1n) is 24.5. The van der Waals surface area contributed by atoms with Crippen molar-refractivity contribution in [3.63, 3.8) is 0 Å². The van der Waals surface area contributed by atoms with Crippen LogP contribution < -0.4 is 22.9 Å². The summed E-state index contributed by atoms with van der Waals surface area (Å²) in [6.45, 7) is 11.6. The monoisotopic (exact) mass is 1050 g/mol. The molecule has 1 saturated heterocycles. The molecular weight excluding hydrogens is 993 g/mol. The highest BCUT2D eigenvalue weighted by Gasteiger charge is 2.51. The number of aromatic nitrogens is 8. The summed E-state index contributed by atoms with van der Waals surface area (Å²) in [5.74, 6) is 1.82. The number of hydrogen-bond acceptors (Lipinski definition) is 17. The zero-order valence-corrected chi connectivity index (χ0v) is 43.4. The molecule has 12 N–H and O–H groups in total. The first-order chi connectivity index (χ1) is 34.7. The molecule has 1 aliphatic heterocycles. The van der Waals surface area contributed by atoms with E-state index in [1.807, 2.05) is 99.2 Å². The molecule has 19 nitrogen and oxygen atoms in total. The molecule has 11 rings (SSSR count). The third-order valence-electron chi connectivity index (χ3n) is 15.1. The molecule has 2 saturated carbocycles. The summed E-state index contributed by atoms with van der Waals surface area (Å²) in [4.78, 5) is 25.7. The van der Waals surface area contributed by atoms with Gasteiger partial charge in [0.05, 0.1) is 50.6 Å². The van der Waals surface area contributed by atoms with Gasteiger partial charge in [-0.3, -0.25) is 0 Å². The van der Waals surface area contributed by atoms with E-state index in [-0.39, 0.29) is 33.4 Å². The van der Waals surface area contributed by atoms with E-state index >= 15 is 0 Å². The smallest absolute Gasteiger partial charge is 0.426 e. The minimum Gasteiger partial charge on any atom is -0.453 e. The van der Waals surface area contributed by atoms with Gasteiger partial charge in [-0.15, -0.1) is 0 Å². The second-order valence-corrected chi connectivity index (χ2v) is 21.2. The van der Waals surface area contributed by atoms with Crippen LogP contribution in [0.15, 0.2) is 90.2 Å². The maximum Gasteiger partial charge on any atom is 0.426 e. The molecule has 0 amide bonds. The molecule has 8 atom stereocenters. The number of nitrogens with zero attached hydrogens (tertiary/aromatic N) is 8. The standard InChI is InChI=1S/C24H28N6O2.C23H25BrN6O2.C3H9B3O3/c1-13-9-15-4-3-14(10-17(15)29-21(13)25)5-7-24(2)11-18(19(31)20(24)32)30-8-6-16-22(26)27-12-28-23(16)30;1-23(6-4-12-2-3-13-9-15(24)21(26)29-16(13)8-12)10-17(18(31)19(23)32)30-7-5-14-20(25)27-11-28-22(14)30;1-4-7-5(2)9-6(3)8-4/h3-4,6,8-10,12,18-20,31-32H,5,7,11H2,1-2H3,(H2,25,29)(H2,26,27,28);2-3,5,7-9,11,17-19,31-32H,4,6,10H2,1H3,(H2,26,29)(H2,25,27,28);1-3H3/t18-,19+,20+,24+;17-,18+,19+,23+;/m11./s1. The lowest BCUT2D eigenvalue weighted by atomic mass is 9.74. The number of fused-ring (bicyclic) bond motifs is 4. The Balaban J connectivity index is 0.000000154. The number of anilines is 4. The number of benzene rings is 2. The third kappa shape index (κ3) is 10.6.